The van der Waals surface area contributed by atoms with Crippen LogP contribution in [-0.2, 0) is 33.7 Å². The van der Waals surface area contributed by atoms with Crippen molar-refractivity contribution in [3.63, 3.8) is 0 Å². The zero-order valence-electron chi connectivity index (χ0n) is 30.0. The fourth-order valence-electron chi connectivity index (χ4n) is 7.16. The average molecular weight is 797 g/mol. The number of fused-ring (bicyclic) bond motifs is 3. The van der Waals surface area contributed by atoms with Crippen LogP contribution in [0.5, 0.6) is 11.5 Å². The molecule has 0 spiro atoms. The molecule has 4 fully saturated rings. The minimum absolute atomic E-state index is 0.0326. The number of aromatic nitrogens is 1. The predicted molar refractivity (Wildman–Crippen MR) is 201 cm³/mol. The topological polar surface area (TPSA) is 104 Å². The van der Waals surface area contributed by atoms with Crippen LogP contribution in [0, 0.1) is 17.0 Å². The SMILES string of the molecule is O=C(Cc1cccc(CN(C(=O)O[C@H]2CN3CCC2CC3)c2ccccc2)c1)O[C@@H](Cc1c(Cl)c[n+]([O-])cc1Cl)c1ccc(OC(F)F)c(OCC2CC2)c1. The fraction of sp³-hybridized carbons (Fsp3) is 0.390. The normalized spacial score (nSPS) is 19.5. The van der Waals surface area contributed by atoms with Gasteiger partial charge in [-0.1, -0.05) is 71.7 Å². The van der Waals surface area contributed by atoms with E-state index < -0.39 is 24.8 Å². The maximum Gasteiger partial charge on any atom is 0.414 e. The molecule has 4 aliphatic rings. The highest BCUT2D eigenvalue weighted by atomic mass is 35.5. The second-order valence-corrected chi connectivity index (χ2v) is 15.1. The zero-order valence-corrected chi connectivity index (χ0v) is 31.5. The van der Waals surface area contributed by atoms with Crippen LogP contribution in [0.25, 0.3) is 0 Å². The lowest BCUT2D eigenvalue weighted by molar-refractivity contribution is -0.605. The highest BCUT2D eigenvalue weighted by Gasteiger charge is 2.37. The van der Waals surface area contributed by atoms with Gasteiger partial charge in [-0.15, -0.1) is 0 Å². The largest absolute Gasteiger partial charge is 0.619 e. The molecule has 290 valence electrons. The molecule has 55 heavy (non-hydrogen) atoms. The number of ether oxygens (including phenoxy) is 4. The van der Waals surface area contributed by atoms with Gasteiger partial charge in [-0.3, -0.25) is 14.6 Å². The number of halogens is 4. The molecule has 1 aliphatic carbocycles. The second-order valence-electron chi connectivity index (χ2n) is 14.3. The Bertz CT molecular complexity index is 1960. The summed E-state index contributed by atoms with van der Waals surface area (Å²) in [5, 5.41) is 12.1. The van der Waals surface area contributed by atoms with E-state index in [0.29, 0.717) is 45.6 Å². The van der Waals surface area contributed by atoms with Crippen LogP contribution in [0.15, 0.2) is 85.2 Å². The Morgan fingerprint density at radius 2 is 1.64 bits per heavy atom. The van der Waals surface area contributed by atoms with E-state index in [4.69, 9.17) is 42.1 Å². The summed E-state index contributed by atoms with van der Waals surface area (Å²) in [7, 11) is 0. The van der Waals surface area contributed by atoms with Gasteiger partial charge in [0.05, 0.1) is 19.6 Å². The molecule has 0 N–H and O–H groups in total. The number of esters is 1. The van der Waals surface area contributed by atoms with Crippen molar-refractivity contribution in [1.82, 2.24) is 4.90 Å². The van der Waals surface area contributed by atoms with Gasteiger partial charge in [0.25, 0.3) is 0 Å². The Morgan fingerprint density at radius 1 is 0.909 bits per heavy atom. The van der Waals surface area contributed by atoms with Crippen LogP contribution in [0.3, 0.4) is 0 Å². The van der Waals surface area contributed by atoms with Crippen molar-refractivity contribution in [3.8, 4) is 11.5 Å². The number of rotatable bonds is 15. The number of pyridine rings is 1. The molecule has 1 saturated carbocycles. The first kappa shape index (κ1) is 38.6. The van der Waals surface area contributed by atoms with Gasteiger partial charge in [-0.05, 0) is 91.6 Å². The Kier molecular flexibility index (Phi) is 12.2. The molecule has 8 rings (SSSR count). The van der Waals surface area contributed by atoms with Crippen molar-refractivity contribution in [2.75, 3.05) is 31.1 Å². The van der Waals surface area contributed by atoms with E-state index in [0.717, 1.165) is 63.3 Å². The van der Waals surface area contributed by atoms with Gasteiger partial charge in [-0.25, -0.2) is 4.79 Å². The summed E-state index contributed by atoms with van der Waals surface area (Å²) in [5.41, 5.74) is 2.87. The molecule has 3 aromatic carbocycles. The quantitative estimate of drug-likeness (QED) is 0.0673. The van der Waals surface area contributed by atoms with Crippen molar-refractivity contribution >= 4 is 41.0 Å². The van der Waals surface area contributed by atoms with Crippen molar-refractivity contribution in [2.24, 2.45) is 11.8 Å². The minimum atomic E-state index is -3.07. The van der Waals surface area contributed by atoms with Gasteiger partial charge < -0.3 is 24.2 Å². The van der Waals surface area contributed by atoms with Crippen molar-refractivity contribution in [3.05, 3.63) is 123 Å². The van der Waals surface area contributed by atoms with Gasteiger partial charge >= 0.3 is 18.7 Å². The first-order valence-electron chi connectivity index (χ1n) is 18.4. The van der Waals surface area contributed by atoms with E-state index in [1.165, 1.54) is 18.2 Å². The van der Waals surface area contributed by atoms with Gasteiger partial charge in [0.15, 0.2) is 23.9 Å². The van der Waals surface area contributed by atoms with Gasteiger partial charge in [0, 0.05) is 24.2 Å². The molecule has 0 radical (unpaired) electrons. The average Bonchev–Trinajstić information content (AvgIpc) is 4.00. The van der Waals surface area contributed by atoms with E-state index in [2.05, 4.69) is 4.90 Å². The number of amides is 1. The maximum absolute atomic E-state index is 13.7. The van der Waals surface area contributed by atoms with Gasteiger partial charge in [-0.2, -0.15) is 13.5 Å². The molecule has 3 aliphatic heterocycles. The van der Waals surface area contributed by atoms with Crippen LogP contribution in [0.4, 0.5) is 19.3 Å². The van der Waals surface area contributed by atoms with E-state index >= 15 is 0 Å². The summed E-state index contributed by atoms with van der Waals surface area (Å²) in [4.78, 5) is 31.4. The number of carbonyl (C=O) groups excluding carboxylic acids is 2. The zero-order chi connectivity index (χ0) is 38.5. The third kappa shape index (κ3) is 10.2. The first-order valence-corrected chi connectivity index (χ1v) is 19.1. The summed E-state index contributed by atoms with van der Waals surface area (Å²) in [6.45, 7) is 0.255. The molecular weight excluding hydrogens is 755 g/mol. The number of alkyl halides is 2. The standard InChI is InChI=1S/C41H41Cl2F2N3O7/c42-33-22-47(51)23-34(43)32(33)20-36(30-11-12-35(54-40(44)45)37(19-30)52-25-26-9-10-26)53-39(49)18-27-5-4-6-28(17-27)21-48(31-7-2-1-3-8-31)41(50)55-38-24-46-15-13-29(38)14-16-46/h1-8,11-12,17,19,22-23,26,29,36,38,40H,9-10,13-16,18,20-21,24-25H2/t36-,38-/m0/s1. The Morgan fingerprint density at radius 3 is 2.31 bits per heavy atom. The summed E-state index contributed by atoms with van der Waals surface area (Å²) in [6, 6.07) is 21.0. The highest BCUT2D eigenvalue weighted by molar-refractivity contribution is 6.35. The smallest absolute Gasteiger partial charge is 0.414 e. The molecule has 10 nitrogen and oxygen atoms in total. The summed E-state index contributed by atoms with van der Waals surface area (Å²) >= 11 is 12.8. The van der Waals surface area contributed by atoms with Gasteiger partial charge in [0.2, 0.25) is 0 Å². The van der Waals surface area contributed by atoms with E-state index in [-0.39, 0.29) is 47.0 Å². The monoisotopic (exact) mass is 795 g/mol. The van der Waals surface area contributed by atoms with Crippen molar-refractivity contribution in [1.29, 1.82) is 0 Å². The van der Waals surface area contributed by atoms with E-state index in [1.807, 2.05) is 48.5 Å². The van der Waals surface area contributed by atoms with Crippen LogP contribution < -0.4 is 19.1 Å². The lowest BCUT2D eigenvalue weighted by atomic mass is 9.86. The number of hydrogen-bond acceptors (Lipinski definition) is 8. The Balaban J connectivity index is 1.10. The number of carbonyl (C=O) groups is 2. The lowest BCUT2D eigenvalue weighted by Gasteiger charge is -2.44. The Hall–Kier alpha value is -4.65. The van der Waals surface area contributed by atoms with Crippen molar-refractivity contribution in [2.45, 2.75) is 63.9 Å². The molecule has 2 bridgehead atoms. The number of hydrogen-bond donors (Lipinski definition) is 0. The molecular formula is C41H41Cl2F2N3O7. The number of nitrogens with zero attached hydrogens (tertiary/aromatic N) is 3. The molecule has 1 aromatic heterocycles. The number of anilines is 1. The predicted octanol–water partition coefficient (Wildman–Crippen LogP) is 8.32. The maximum atomic E-state index is 13.7. The number of para-hydroxylation sites is 1. The van der Waals surface area contributed by atoms with E-state index in [1.54, 1.807) is 11.0 Å². The van der Waals surface area contributed by atoms with Crippen LogP contribution in [-0.4, -0.2) is 55.9 Å². The fourth-order valence-corrected chi connectivity index (χ4v) is 7.75. The van der Waals surface area contributed by atoms with Gasteiger partial charge in [0.1, 0.15) is 22.3 Å². The summed E-state index contributed by atoms with van der Waals surface area (Å²) < 4.78 is 49.8. The van der Waals surface area contributed by atoms with Crippen LogP contribution in [0.2, 0.25) is 10.0 Å². The number of benzene rings is 3. The molecule has 1 amide bonds. The lowest BCUT2D eigenvalue weighted by Crippen LogP contribution is -2.53. The van der Waals surface area contributed by atoms with Crippen molar-refractivity contribution < 1.29 is 42.0 Å². The van der Waals surface area contributed by atoms with Crippen LogP contribution in [0.1, 0.15) is 54.0 Å². The third-order valence-electron chi connectivity index (χ3n) is 10.3. The highest BCUT2D eigenvalue weighted by Crippen LogP contribution is 2.38. The minimum Gasteiger partial charge on any atom is -0.619 e. The number of piperidine rings is 3. The molecule has 0 unspecified atom stereocenters. The molecule has 2 atom stereocenters. The van der Waals surface area contributed by atoms with E-state index in [9.17, 15) is 23.6 Å². The Labute approximate surface area is 328 Å². The molecule has 14 heteroatoms. The molecule has 3 saturated heterocycles. The summed E-state index contributed by atoms with van der Waals surface area (Å²) in [6.07, 6.45) is 4.51. The third-order valence-corrected chi connectivity index (χ3v) is 10.9. The summed E-state index contributed by atoms with van der Waals surface area (Å²) in [5.74, 6) is 0.00764. The van der Waals surface area contributed by atoms with Crippen LogP contribution >= 0.6 is 23.2 Å². The molecule has 4 heterocycles. The second kappa shape index (κ2) is 17.4. The molecule has 4 aromatic rings. The first-order chi connectivity index (χ1) is 26.6.